The predicted octanol–water partition coefficient (Wildman–Crippen LogP) is 1.95. The van der Waals surface area contributed by atoms with Gasteiger partial charge in [0.15, 0.2) is 9.84 Å². The van der Waals surface area contributed by atoms with Gasteiger partial charge in [-0.3, -0.25) is 19.8 Å². The predicted molar refractivity (Wildman–Crippen MR) is 110 cm³/mol. The quantitative estimate of drug-likeness (QED) is 0.359. The highest BCUT2D eigenvalue weighted by Gasteiger charge is 2.28. The van der Waals surface area contributed by atoms with Gasteiger partial charge in [-0.1, -0.05) is 18.2 Å². The Balaban J connectivity index is 1.74. The molecule has 3 rings (SSSR count). The minimum atomic E-state index is -3.99. The molecule has 0 aliphatic carbocycles. The minimum Gasteiger partial charge on any atom is -0.457 e. The molecule has 160 valence electrons. The number of nitrogens with one attached hydrogen (secondary N) is 2. The lowest BCUT2D eigenvalue weighted by Gasteiger charge is -2.17. The molecule has 2 amide bonds. The number of benzene rings is 2. The molecule has 0 bridgehead atoms. The van der Waals surface area contributed by atoms with E-state index in [-0.39, 0.29) is 10.5 Å². The number of amides is 2. The molecule has 3 aromatic rings. The number of carbonyl (C=O) groups is 2. The molecule has 0 saturated carbocycles. The van der Waals surface area contributed by atoms with E-state index in [2.05, 4.69) is 10.3 Å². The minimum absolute atomic E-state index is 0.0678. The number of sulfone groups is 1. The zero-order valence-corrected chi connectivity index (χ0v) is 17.0. The normalized spacial score (nSPS) is 11.9. The zero-order chi connectivity index (χ0) is 22.3. The Morgan fingerprint density at radius 3 is 2.16 bits per heavy atom. The first-order valence-electron chi connectivity index (χ1n) is 9.09. The molecule has 10 heteroatoms. The summed E-state index contributed by atoms with van der Waals surface area (Å²) in [5, 5.41) is 11.3. The summed E-state index contributed by atoms with van der Waals surface area (Å²) in [4.78, 5) is 28.0. The summed E-state index contributed by atoms with van der Waals surface area (Å²) in [6.07, 6.45) is 2.76. The highest BCUT2D eigenvalue weighted by Crippen LogP contribution is 2.23. The van der Waals surface area contributed by atoms with E-state index in [1.54, 1.807) is 24.3 Å². The van der Waals surface area contributed by atoms with Crippen LogP contribution in [-0.2, 0) is 14.6 Å². The number of aromatic nitrogens is 1. The van der Waals surface area contributed by atoms with Crippen LogP contribution < -0.4 is 15.5 Å². The fourth-order valence-electron chi connectivity index (χ4n) is 2.66. The van der Waals surface area contributed by atoms with Crippen LogP contribution in [0.1, 0.15) is 10.4 Å². The third kappa shape index (κ3) is 5.87. The van der Waals surface area contributed by atoms with Crippen molar-refractivity contribution in [3.8, 4) is 11.5 Å². The molecule has 9 nitrogen and oxygen atoms in total. The summed E-state index contributed by atoms with van der Waals surface area (Å²) >= 11 is 0. The molecule has 1 aromatic heterocycles. The molecule has 1 atom stereocenters. The fourth-order valence-corrected chi connectivity index (χ4v) is 4.08. The number of pyridine rings is 1. The summed E-state index contributed by atoms with van der Waals surface area (Å²) in [6, 6.07) is 15.9. The molecule has 1 heterocycles. The fraction of sp³-hybridized carbons (Fsp3) is 0.0952. The van der Waals surface area contributed by atoms with Gasteiger partial charge in [-0.25, -0.2) is 13.9 Å². The summed E-state index contributed by atoms with van der Waals surface area (Å²) in [5.74, 6) is -1.47. The smallest absolute Gasteiger partial charge is 0.266 e. The summed E-state index contributed by atoms with van der Waals surface area (Å²) < 4.78 is 31.2. The van der Waals surface area contributed by atoms with Crippen LogP contribution in [0.4, 0.5) is 0 Å². The van der Waals surface area contributed by atoms with Gasteiger partial charge in [0, 0.05) is 18.0 Å². The van der Waals surface area contributed by atoms with Gasteiger partial charge < -0.3 is 10.1 Å². The molecule has 0 aliphatic rings. The third-order valence-electron chi connectivity index (χ3n) is 4.22. The maximum absolute atomic E-state index is 12.8. The number of nitrogens with zero attached hydrogens (tertiary/aromatic N) is 1. The second-order valence-corrected chi connectivity index (χ2v) is 8.44. The lowest BCUT2D eigenvalue weighted by atomic mass is 10.2. The largest absolute Gasteiger partial charge is 0.457 e. The van der Waals surface area contributed by atoms with Gasteiger partial charge in [0.05, 0.1) is 10.6 Å². The summed E-state index contributed by atoms with van der Waals surface area (Å²) in [6.45, 7) is 0. The monoisotopic (exact) mass is 441 g/mol. The van der Waals surface area contributed by atoms with Crippen LogP contribution in [0.2, 0.25) is 0 Å². The van der Waals surface area contributed by atoms with Crippen molar-refractivity contribution in [1.29, 1.82) is 0 Å². The van der Waals surface area contributed by atoms with Crippen LogP contribution in [0.3, 0.4) is 0 Å². The van der Waals surface area contributed by atoms with Crippen LogP contribution in [0.5, 0.6) is 11.5 Å². The van der Waals surface area contributed by atoms with Crippen molar-refractivity contribution < 1.29 is 28.0 Å². The van der Waals surface area contributed by atoms with Gasteiger partial charge in [0.1, 0.15) is 17.5 Å². The van der Waals surface area contributed by atoms with Crippen LogP contribution >= 0.6 is 0 Å². The highest BCUT2D eigenvalue weighted by molar-refractivity contribution is 7.91. The van der Waals surface area contributed by atoms with Gasteiger partial charge in [-0.05, 0) is 48.5 Å². The van der Waals surface area contributed by atoms with E-state index in [1.165, 1.54) is 54.3 Å². The molecule has 0 unspecified atom stereocenters. The first-order valence-corrected chi connectivity index (χ1v) is 10.7. The van der Waals surface area contributed by atoms with Crippen molar-refractivity contribution in [2.75, 3.05) is 5.75 Å². The van der Waals surface area contributed by atoms with Gasteiger partial charge >= 0.3 is 0 Å². The van der Waals surface area contributed by atoms with Gasteiger partial charge in [-0.2, -0.15) is 0 Å². The number of para-hydroxylation sites is 1. The van der Waals surface area contributed by atoms with Crippen molar-refractivity contribution >= 4 is 21.7 Å². The molecule has 0 aliphatic heterocycles. The van der Waals surface area contributed by atoms with Crippen molar-refractivity contribution in [2.24, 2.45) is 0 Å². The molecule has 0 saturated heterocycles. The molecule has 0 fully saturated rings. The Bertz CT molecular complexity index is 1140. The van der Waals surface area contributed by atoms with Crippen LogP contribution in [0, 0.1) is 0 Å². The third-order valence-corrected chi connectivity index (χ3v) is 5.98. The van der Waals surface area contributed by atoms with Crippen molar-refractivity contribution in [1.82, 2.24) is 15.8 Å². The molecule has 3 N–H and O–H groups in total. The summed E-state index contributed by atoms with van der Waals surface area (Å²) in [7, 11) is -3.99. The van der Waals surface area contributed by atoms with Gasteiger partial charge in [-0.15, -0.1) is 0 Å². The average molecular weight is 441 g/mol. The van der Waals surface area contributed by atoms with Crippen LogP contribution in [0.15, 0.2) is 84.0 Å². The first kappa shape index (κ1) is 21.9. The number of hydrogen-bond acceptors (Lipinski definition) is 7. The van der Waals surface area contributed by atoms with Gasteiger partial charge in [0.25, 0.3) is 11.8 Å². The Hall–Kier alpha value is -3.76. The van der Waals surface area contributed by atoms with Crippen molar-refractivity contribution in [3.63, 3.8) is 0 Å². The number of hydrogen-bond donors (Lipinski definition) is 3. The number of carbonyl (C=O) groups excluding carboxylic acids is 2. The molecule has 2 aromatic carbocycles. The molecule has 0 spiro atoms. The Kier molecular flexibility index (Phi) is 6.96. The number of rotatable bonds is 8. The Morgan fingerprint density at radius 1 is 0.935 bits per heavy atom. The number of hydroxylamine groups is 1. The van der Waals surface area contributed by atoms with Crippen molar-refractivity contribution in [3.05, 3.63) is 84.7 Å². The molecular formula is C21H19N3O6S. The van der Waals surface area contributed by atoms with E-state index < -0.39 is 33.4 Å². The average Bonchev–Trinajstić information content (AvgIpc) is 2.79. The van der Waals surface area contributed by atoms with E-state index >= 15 is 0 Å². The lowest BCUT2D eigenvalue weighted by molar-refractivity contribution is -0.130. The maximum Gasteiger partial charge on any atom is 0.266 e. The maximum atomic E-state index is 12.8. The zero-order valence-electron chi connectivity index (χ0n) is 16.1. The second-order valence-electron chi connectivity index (χ2n) is 6.41. The van der Waals surface area contributed by atoms with E-state index in [0.29, 0.717) is 11.5 Å². The topological polar surface area (TPSA) is 135 Å². The van der Waals surface area contributed by atoms with Crippen LogP contribution in [-0.4, -0.2) is 42.2 Å². The highest BCUT2D eigenvalue weighted by atomic mass is 32.2. The number of ether oxygens (including phenoxy) is 1. The summed E-state index contributed by atoms with van der Waals surface area (Å²) in [5.41, 5.74) is 1.57. The van der Waals surface area contributed by atoms with Crippen molar-refractivity contribution in [2.45, 2.75) is 10.9 Å². The van der Waals surface area contributed by atoms with Gasteiger partial charge in [0.2, 0.25) is 0 Å². The molecular weight excluding hydrogens is 422 g/mol. The standard InChI is InChI=1S/C21H19N3O6S/c25-20(15-10-12-22-13-11-15)23-19(21(26)24-27)14-31(28,29)18-8-6-17(7-9-18)30-16-4-2-1-3-5-16/h1-13,19,27H,14H2,(H,23,25)(H,24,26)/t19-/m0/s1. The molecule has 0 radical (unpaired) electrons. The molecule has 31 heavy (non-hydrogen) atoms. The van der Waals surface area contributed by atoms with E-state index in [9.17, 15) is 18.0 Å². The van der Waals surface area contributed by atoms with E-state index in [4.69, 9.17) is 9.94 Å². The Labute approximate surface area is 178 Å². The lowest BCUT2D eigenvalue weighted by Crippen LogP contribution is -2.49. The SMILES string of the molecule is O=C(N[C@@H](CS(=O)(=O)c1ccc(Oc2ccccc2)cc1)C(=O)NO)c1ccncc1. The second kappa shape index (κ2) is 9.83. The Morgan fingerprint density at radius 2 is 1.55 bits per heavy atom. The van der Waals surface area contributed by atoms with E-state index in [1.807, 2.05) is 6.07 Å². The van der Waals surface area contributed by atoms with E-state index in [0.717, 1.165) is 0 Å². The first-order chi connectivity index (χ1) is 14.9. The van der Waals surface area contributed by atoms with Crippen LogP contribution in [0.25, 0.3) is 0 Å².